The van der Waals surface area contributed by atoms with E-state index in [0.29, 0.717) is 15.8 Å². The predicted octanol–water partition coefficient (Wildman–Crippen LogP) is 5.79. The Labute approximate surface area is 143 Å². The topological polar surface area (TPSA) is 9.23 Å². The zero-order chi connectivity index (χ0) is 15.5. The maximum atomic E-state index is 6.51. The van der Waals surface area contributed by atoms with Gasteiger partial charge in [-0.1, -0.05) is 83.9 Å². The van der Waals surface area contributed by atoms with Crippen LogP contribution in [0.25, 0.3) is 22.3 Å². The fourth-order valence-electron chi connectivity index (χ4n) is 2.45. The summed E-state index contributed by atoms with van der Waals surface area (Å²) in [6.07, 6.45) is 0. The van der Waals surface area contributed by atoms with E-state index >= 15 is 0 Å². The second-order valence-corrected chi connectivity index (χ2v) is 5.74. The summed E-state index contributed by atoms with van der Waals surface area (Å²) in [4.78, 5) is 0. The minimum Gasteiger partial charge on any atom is -0.540 e. The lowest BCUT2D eigenvalue weighted by Crippen LogP contribution is -1.94. The summed E-state index contributed by atoms with van der Waals surface area (Å²) >= 11 is 12.8. The largest absolute Gasteiger partial charge is 0.540 e. The molecule has 3 rings (SSSR count). The number of rotatable bonds is 3. The minimum atomic E-state index is 0.452. The van der Waals surface area contributed by atoms with E-state index in [4.69, 9.17) is 27.6 Å². The summed E-state index contributed by atoms with van der Waals surface area (Å²) < 4.78 is 5.36. The SMILES string of the molecule is [Si]Oc1cc(Cl)c(Cl)c(-c2ccccc2)c1-c1ccccc1. The molecule has 0 saturated carbocycles. The van der Waals surface area contributed by atoms with Crippen LogP contribution in [0.1, 0.15) is 0 Å². The average molecular weight is 342 g/mol. The Morgan fingerprint density at radius 2 is 1.23 bits per heavy atom. The second-order valence-electron chi connectivity index (χ2n) is 4.75. The molecular weight excluding hydrogens is 331 g/mol. The normalized spacial score (nSPS) is 10.5. The zero-order valence-electron chi connectivity index (χ0n) is 11.5. The van der Waals surface area contributed by atoms with E-state index in [1.807, 2.05) is 60.7 Å². The molecule has 107 valence electrons. The van der Waals surface area contributed by atoms with Crippen LogP contribution < -0.4 is 4.43 Å². The van der Waals surface area contributed by atoms with Crippen LogP contribution in [-0.2, 0) is 0 Å². The molecule has 0 N–H and O–H groups in total. The van der Waals surface area contributed by atoms with Crippen molar-refractivity contribution >= 4 is 33.7 Å². The van der Waals surface area contributed by atoms with Crippen molar-refractivity contribution < 1.29 is 4.43 Å². The molecule has 1 nitrogen and oxygen atoms in total. The van der Waals surface area contributed by atoms with Gasteiger partial charge in [0, 0.05) is 11.1 Å². The van der Waals surface area contributed by atoms with Crippen molar-refractivity contribution in [2.24, 2.45) is 0 Å². The van der Waals surface area contributed by atoms with Crippen LogP contribution in [-0.4, -0.2) is 10.5 Å². The molecule has 0 aliphatic carbocycles. The molecule has 22 heavy (non-hydrogen) atoms. The number of hydrogen-bond acceptors (Lipinski definition) is 1. The molecule has 0 fully saturated rings. The Hall–Kier alpha value is -1.74. The Morgan fingerprint density at radius 1 is 0.727 bits per heavy atom. The van der Waals surface area contributed by atoms with Gasteiger partial charge in [-0.3, -0.25) is 0 Å². The first-order chi connectivity index (χ1) is 10.7. The molecule has 0 amide bonds. The van der Waals surface area contributed by atoms with Gasteiger partial charge in [-0.2, -0.15) is 0 Å². The first-order valence-electron chi connectivity index (χ1n) is 6.68. The third kappa shape index (κ3) is 2.78. The molecule has 3 aromatic carbocycles. The zero-order valence-corrected chi connectivity index (χ0v) is 14.0. The van der Waals surface area contributed by atoms with E-state index in [1.165, 1.54) is 0 Å². The van der Waals surface area contributed by atoms with E-state index < -0.39 is 0 Å². The summed E-state index contributed by atoms with van der Waals surface area (Å²) in [6.45, 7) is 0. The fraction of sp³-hybridized carbons (Fsp3) is 0. The fourth-order valence-corrected chi connectivity index (χ4v) is 3.06. The third-order valence-electron chi connectivity index (χ3n) is 3.42. The molecule has 0 spiro atoms. The van der Waals surface area contributed by atoms with Gasteiger partial charge >= 0.3 is 10.5 Å². The summed E-state index contributed by atoms with van der Waals surface area (Å²) in [6, 6.07) is 21.6. The van der Waals surface area contributed by atoms with Crippen LogP contribution in [0.2, 0.25) is 10.0 Å². The molecular formula is C18H11Cl2OSi. The maximum absolute atomic E-state index is 6.51. The molecule has 3 aromatic rings. The van der Waals surface area contributed by atoms with Crippen LogP contribution in [0.3, 0.4) is 0 Å². The lowest BCUT2D eigenvalue weighted by atomic mass is 9.93. The quantitative estimate of drug-likeness (QED) is 0.548. The number of halogens is 2. The van der Waals surface area contributed by atoms with E-state index in [-0.39, 0.29) is 0 Å². The van der Waals surface area contributed by atoms with Gasteiger partial charge in [-0.15, -0.1) is 0 Å². The van der Waals surface area contributed by atoms with Crippen LogP contribution in [0.5, 0.6) is 5.75 Å². The second kappa shape index (κ2) is 6.57. The van der Waals surface area contributed by atoms with Crippen molar-refractivity contribution in [3.8, 4) is 28.0 Å². The summed E-state index contributed by atoms with van der Waals surface area (Å²) in [5, 5.41) is 0.965. The molecule has 3 radical (unpaired) electrons. The molecule has 0 saturated heterocycles. The third-order valence-corrected chi connectivity index (χ3v) is 4.43. The average Bonchev–Trinajstić information content (AvgIpc) is 2.58. The van der Waals surface area contributed by atoms with Gasteiger partial charge in [-0.05, 0) is 17.2 Å². The van der Waals surface area contributed by atoms with Crippen molar-refractivity contribution in [3.05, 3.63) is 76.8 Å². The van der Waals surface area contributed by atoms with Gasteiger partial charge in [0.2, 0.25) is 0 Å². The first kappa shape index (κ1) is 15.2. The van der Waals surface area contributed by atoms with E-state index in [2.05, 4.69) is 10.5 Å². The van der Waals surface area contributed by atoms with E-state index in [0.717, 1.165) is 22.3 Å². The Bertz CT molecular complexity index is 789. The van der Waals surface area contributed by atoms with Crippen LogP contribution in [0.4, 0.5) is 0 Å². The van der Waals surface area contributed by atoms with Crippen molar-refractivity contribution in [1.82, 2.24) is 0 Å². The molecule has 0 unspecified atom stereocenters. The first-order valence-corrected chi connectivity index (χ1v) is 7.85. The molecule has 4 heteroatoms. The van der Waals surface area contributed by atoms with Crippen molar-refractivity contribution in [2.75, 3.05) is 0 Å². The molecule has 0 bridgehead atoms. The highest BCUT2D eigenvalue weighted by molar-refractivity contribution is 6.44. The molecule has 0 heterocycles. The highest BCUT2D eigenvalue weighted by atomic mass is 35.5. The highest BCUT2D eigenvalue weighted by Gasteiger charge is 2.19. The maximum Gasteiger partial charge on any atom is 0.341 e. The van der Waals surface area contributed by atoms with Crippen LogP contribution in [0, 0.1) is 0 Å². The summed E-state index contributed by atoms with van der Waals surface area (Å²) in [5.74, 6) is 0.621. The molecule has 0 aromatic heterocycles. The van der Waals surface area contributed by atoms with E-state index in [1.54, 1.807) is 6.07 Å². The van der Waals surface area contributed by atoms with E-state index in [9.17, 15) is 0 Å². The Balaban J connectivity index is 2.38. The van der Waals surface area contributed by atoms with Crippen molar-refractivity contribution in [3.63, 3.8) is 0 Å². The van der Waals surface area contributed by atoms with Gasteiger partial charge in [-0.25, -0.2) is 0 Å². The van der Waals surface area contributed by atoms with Gasteiger partial charge in [0.25, 0.3) is 0 Å². The molecule has 0 atom stereocenters. The van der Waals surface area contributed by atoms with Crippen LogP contribution >= 0.6 is 23.2 Å². The predicted molar refractivity (Wildman–Crippen MR) is 93.7 cm³/mol. The van der Waals surface area contributed by atoms with Crippen molar-refractivity contribution in [2.45, 2.75) is 0 Å². The number of benzene rings is 3. The minimum absolute atomic E-state index is 0.452. The van der Waals surface area contributed by atoms with Gasteiger partial charge < -0.3 is 4.43 Å². The van der Waals surface area contributed by atoms with Crippen molar-refractivity contribution in [1.29, 1.82) is 0 Å². The molecule has 0 aliphatic rings. The van der Waals surface area contributed by atoms with Gasteiger partial charge in [0.05, 0.1) is 10.0 Å². The van der Waals surface area contributed by atoms with Crippen LogP contribution in [0.15, 0.2) is 66.7 Å². The monoisotopic (exact) mass is 341 g/mol. The number of hydrogen-bond donors (Lipinski definition) is 0. The summed E-state index contributed by atoms with van der Waals surface area (Å²) in [7, 11) is 3.12. The van der Waals surface area contributed by atoms with Gasteiger partial charge in [0.1, 0.15) is 5.75 Å². The lowest BCUT2D eigenvalue weighted by Gasteiger charge is -2.17. The van der Waals surface area contributed by atoms with Gasteiger partial charge in [0.15, 0.2) is 0 Å². The molecule has 0 aliphatic heterocycles. The summed E-state index contributed by atoms with van der Waals surface area (Å²) in [5.41, 5.74) is 3.75. The Kier molecular flexibility index (Phi) is 4.53. The standard InChI is InChI=1S/C18H11Cl2OSi/c19-14-11-15(21-22)16(12-7-3-1-4-8-12)17(18(14)20)13-9-5-2-6-10-13/h1-11H. The Morgan fingerprint density at radius 3 is 1.73 bits per heavy atom. The lowest BCUT2D eigenvalue weighted by molar-refractivity contribution is 0.619. The smallest absolute Gasteiger partial charge is 0.341 e. The highest BCUT2D eigenvalue weighted by Crippen LogP contribution is 2.46.